The number of benzene rings is 1. The van der Waals surface area contributed by atoms with Gasteiger partial charge in [-0.25, -0.2) is 0 Å². The van der Waals surface area contributed by atoms with Gasteiger partial charge in [0.25, 0.3) is 5.91 Å². The van der Waals surface area contributed by atoms with Crippen LogP contribution in [0.15, 0.2) is 12.1 Å². The lowest BCUT2D eigenvalue weighted by Gasteiger charge is -2.29. The maximum Gasteiger partial charge on any atom is 0.308 e. The number of fused-ring (bicyclic) bond motifs is 1. The third-order valence-electron chi connectivity index (χ3n) is 5.12. The van der Waals surface area contributed by atoms with Gasteiger partial charge in [0.1, 0.15) is 0 Å². The first-order valence-corrected chi connectivity index (χ1v) is 9.43. The Hall–Kier alpha value is -3.10. The van der Waals surface area contributed by atoms with Gasteiger partial charge in [-0.05, 0) is 29.7 Å². The van der Waals surface area contributed by atoms with Crippen LogP contribution in [-0.4, -0.2) is 67.4 Å². The first-order valence-electron chi connectivity index (χ1n) is 9.43. The molecule has 9 nitrogen and oxygen atoms in total. The van der Waals surface area contributed by atoms with Crippen molar-refractivity contribution in [2.45, 2.75) is 32.2 Å². The van der Waals surface area contributed by atoms with Gasteiger partial charge >= 0.3 is 5.97 Å². The quantitative estimate of drug-likeness (QED) is 0.486. The second-order valence-corrected chi connectivity index (χ2v) is 6.89. The number of carbonyl (C=O) groups excluding carboxylic acids is 4. The fourth-order valence-electron chi connectivity index (χ4n) is 3.48. The smallest absolute Gasteiger partial charge is 0.308 e. The summed E-state index contributed by atoms with van der Waals surface area (Å²) >= 11 is 0. The molecule has 2 heterocycles. The number of likely N-dealkylation sites (tertiary alicyclic amines) is 1. The van der Waals surface area contributed by atoms with Gasteiger partial charge in [0.2, 0.25) is 11.8 Å². The van der Waals surface area contributed by atoms with Crippen LogP contribution < -0.4 is 9.47 Å². The van der Waals surface area contributed by atoms with Crippen LogP contribution in [0.2, 0.25) is 0 Å². The Morgan fingerprint density at radius 1 is 0.966 bits per heavy atom. The lowest BCUT2D eigenvalue weighted by atomic mass is 9.99. The number of ether oxygens (including phenoxy) is 3. The third-order valence-corrected chi connectivity index (χ3v) is 5.12. The molecule has 9 heteroatoms. The second-order valence-electron chi connectivity index (χ2n) is 6.89. The van der Waals surface area contributed by atoms with E-state index in [4.69, 9.17) is 14.2 Å². The van der Waals surface area contributed by atoms with E-state index in [1.165, 1.54) is 0 Å². The highest BCUT2D eigenvalue weighted by molar-refractivity contribution is 6.02. The predicted molar refractivity (Wildman–Crippen MR) is 100 cm³/mol. The van der Waals surface area contributed by atoms with Crippen molar-refractivity contribution in [1.82, 2.24) is 9.80 Å². The van der Waals surface area contributed by atoms with Crippen LogP contribution in [0.1, 0.15) is 30.4 Å². The van der Waals surface area contributed by atoms with Gasteiger partial charge < -0.3 is 19.1 Å². The molecule has 0 aromatic heterocycles. The van der Waals surface area contributed by atoms with Crippen molar-refractivity contribution in [2.24, 2.45) is 0 Å². The fourth-order valence-corrected chi connectivity index (χ4v) is 3.48. The molecule has 3 rings (SSSR count). The van der Waals surface area contributed by atoms with Gasteiger partial charge in [-0.2, -0.15) is 0 Å². The molecule has 3 amide bonds. The maximum atomic E-state index is 12.4. The van der Waals surface area contributed by atoms with Gasteiger partial charge in [0.15, 0.2) is 18.1 Å². The highest BCUT2D eigenvalue weighted by Crippen LogP contribution is 2.33. The molecule has 156 valence electrons. The molecule has 0 atom stereocenters. The number of rotatable bonds is 7. The number of hydrogen-bond acceptors (Lipinski definition) is 7. The summed E-state index contributed by atoms with van der Waals surface area (Å²) in [5, 5.41) is 0. The largest absolute Gasteiger partial charge is 0.493 e. The van der Waals surface area contributed by atoms with Gasteiger partial charge in [-0.1, -0.05) is 0 Å². The lowest BCUT2D eigenvalue weighted by molar-refractivity contribution is -0.153. The van der Waals surface area contributed by atoms with Crippen LogP contribution in [0.3, 0.4) is 0 Å². The van der Waals surface area contributed by atoms with Gasteiger partial charge in [0.05, 0.1) is 20.6 Å². The molecule has 1 saturated heterocycles. The molecule has 2 aliphatic rings. The van der Waals surface area contributed by atoms with Crippen molar-refractivity contribution in [3.8, 4) is 11.5 Å². The van der Waals surface area contributed by atoms with Gasteiger partial charge in [0, 0.05) is 32.5 Å². The van der Waals surface area contributed by atoms with Crippen LogP contribution in [0.5, 0.6) is 11.5 Å². The zero-order valence-corrected chi connectivity index (χ0v) is 16.6. The number of methoxy groups -OCH3 is 2. The summed E-state index contributed by atoms with van der Waals surface area (Å²) in [6.07, 6.45) is 0.901. The van der Waals surface area contributed by atoms with Crippen molar-refractivity contribution in [1.29, 1.82) is 0 Å². The molecule has 0 unspecified atom stereocenters. The zero-order valence-electron chi connectivity index (χ0n) is 16.6. The molecule has 0 spiro atoms. The van der Waals surface area contributed by atoms with Crippen LogP contribution in [0.25, 0.3) is 0 Å². The SMILES string of the molecule is COc1cc2c(cc1OC)CN(C(=O)COC(=O)CCN1C(=O)CCC1=O)CC2. The van der Waals surface area contributed by atoms with E-state index in [2.05, 4.69) is 0 Å². The normalized spacial score (nSPS) is 15.9. The van der Waals surface area contributed by atoms with Crippen LogP contribution in [0.4, 0.5) is 0 Å². The molecule has 1 aromatic rings. The average Bonchev–Trinajstić information content (AvgIpc) is 3.06. The summed E-state index contributed by atoms with van der Waals surface area (Å²) in [4.78, 5) is 50.1. The zero-order chi connectivity index (χ0) is 21.0. The minimum atomic E-state index is -0.616. The van der Waals surface area contributed by atoms with Crippen molar-refractivity contribution >= 4 is 23.7 Å². The number of esters is 1. The summed E-state index contributed by atoms with van der Waals surface area (Å²) in [6, 6.07) is 3.76. The fraction of sp³-hybridized carbons (Fsp3) is 0.500. The van der Waals surface area contributed by atoms with E-state index in [-0.39, 0.29) is 50.1 Å². The Balaban J connectivity index is 1.49. The molecule has 2 aliphatic heterocycles. The lowest BCUT2D eigenvalue weighted by Crippen LogP contribution is -2.39. The van der Waals surface area contributed by atoms with E-state index >= 15 is 0 Å². The first kappa shape index (κ1) is 20.6. The summed E-state index contributed by atoms with van der Waals surface area (Å²) in [6.45, 7) is 0.519. The van der Waals surface area contributed by atoms with Gasteiger partial charge in [-0.15, -0.1) is 0 Å². The standard InChI is InChI=1S/C20H24N2O7/c1-27-15-9-13-5-7-21(11-14(13)10-16(15)28-2)19(25)12-29-20(26)6-8-22-17(23)3-4-18(22)24/h9-10H,3-8,11-12H2,1-2H3. The first-order chi connectivity index (χ1) is 13.9. The molecule has 0 saturated carbocycles. The van der Waals surface area contributed by atoms with Crippen LogP contribution in [-0.2, 0) is 36.9 Å². The van der Waals surface area contributed by atoms with Crippen LogP contribution >= 0.6 is 0 Å². The Morgan fingerprint density at radius 3 is 2.21 bits per heavy atom. The van der Waals surface area contributed by atoms with E-state index in [1.807, 2.05) is 12.1 Å². The summed E-state index contributed by atoms with van der Waals surface area (Å²) in [7, 11) is 3.13. The van der Waals surface area contributed by atoms with Crippen molar-refractivity contribution in [2.75, 3.05) is 33.9 Å². The summed E-state index contributed by atoms with van der Waals surface area (Å²) in [5.41, 5.74) is 2.04. The number of hydrogen-bond donors (Lipinski definition) is 0. The number of carbonyl (C=O) groups is 4. The average molecular weight is 404 g/mol. The Labute approximate surface area is 168 Å². The Bertz CT molecular complexity index is 820. The van der Waals surface area contributed by atoms with E-state index in [0.29, 0.717) is 31.0 Å². The number of imide groups is 1. The van der Waals surface area contributed by atoms with E-state index < -0.39 is 5.97 Å². The third kappa shape index (κ3) is 4.67. The number of nitrogens with zero attached hydrogens (tertiary/aromatic N) is 2. The minimum Gasteiger partial charge on any atom is -0.493 e. The Morgan fingerprint density at radius 2 is 1.59 bits per heavy atom. The second kappa shape index (κ2) is 8.93. The highest BCUT2D eigenvalue weighted by atomic mass is 16.5. The molecular formula is C20H24N2O7. The Kier molecular flexibility index (Phi) is 6.36. The summed E-state index contributed by atoms with van der Waals surface area (Å²) in [5.74, 6) is -0.231. The number of amides is 3. The molecule has 0 N–H and O–H groups in total. The van der Waals surface area contributed by atoms with E-state index in [9.17, 15) is 19.2 Å². The molecule has 29 heavy (non-hydrogen) atoms. The van der Waals surface area contributed by atoms with Crippen molar-refractivity contribution < 1.29 is 33.4 Å². The van der Waals surface area contributed by atoms with E-state index in [0.717, 1.165) is 16.0 Å². The molecule has 0 aliphatic carbocycles. The molecule has 1 fully saturated rings. The topological polar surface area (TPSA) is 102 Å². The van der Waals surface area contributed by atoms with Crippen molar-refractivity contribution in [3.63, 3.8) is 0 Å². The molecular weight excluding hydrogens is 380 g/mol. The van der Waals surface area contributed by atoms with E-state index in [1.54, 1.807) is 19.1 Å². The maximum absolute atomic E-state index is 12.4. The highest BCUT2D eigenvalue weighted by Gasteiger charge is 2.29. The van der Waals surface area contributed by atoms with Gasteiger partial charge in [-0.3, -0.25) is 24.1 Å². The molecule has 0 radical (unpaired) electrons. The molecule has 1 aromatic carbocycles. The minimum absolute atomic E-state index is 0.0105. The monoisotopic (exact) mass is 404 g/mol. The predicted octanol–water partition coefficient (Wildman–Crippen LogP) is 0.671. The van der Waals surface area contributed by atoms with Crippen LogP contribution in [0, 0.1) is 0 Å². The van der Waals surface area contributed by atoms with Crippen molar-refractivity contribution in [3.05, 3.63) is 23.3 Å². The molecule has 0 bridgehead atoms. The summed E-state index contributed by atoms with van der Waals surface area (Å²) < 4.78 is 15.7.